The number of rotatable bonds is 1. The van der Waals surface area contributed by atoms with Crippen molar-refractivity contribution in [2.75, 3.05) is 0 Å². The number of carbonyl (C=O) groups is 1. The average Bonchev–Trinajstić information content (AvgIpc) is 2.47. The van der Waals surface area contributed by atoms with Gasteiger partial charge in [-0.05, 0) is 33.3 Å². The lowest BCUT2D eigenvalue weighted by Crippen LogP contribution is -1.94. The van der Waals surface area contributed by atoms with Crippen LogP contribution in [0, 0.1) is 20.8 Å². The van der Waals surface area contributed by atoms with Crippen molar-refractivity contribution in [2.24, 2.45) is 0 Å². The van der Waals surface area contributed by atoms with E-state index in [-0.39, 0.29) is 5.78 Å². The maximum atomic E-state index is 11.1. The van der Waals surface area contributed by atoms with Gasteiger partial charge in [-0.15, -0.1) is 0 Å². The Balaban J connectivity index is 0. The summed E-state index contributed by atoms with van der Waals surface area (Å²) in [6, 6.07) is 0. The van der Waals surface area contributed by atoms with Crippen LogP contribution in [0.4, 0.5) is 0 Å². The molecule has 0 atom stereocenters. The molecule has 0 radical (unpaired) electrons. The molecule has 2 heteroatoms. The van der Waals surface area contributed by atoms with Gasteiger partial charge < -0.3 is 4.98 Å². The molecule has 0 amide bonds. The van der Waals surface area contributed by atoms with Crippen LogP contribution in [-0.2, 0) is 0 Å². The molecule has 0 saturated carbocycles. The van der Waals surface area contributed by atoms with Gasteiger partial charge in [0.1, 0.15) is 0 Å². The molecular weight excluding hydrogens is 186 g/mol. The summed E-state index contributed by atoms with van der Waals surface area (Å²) in [5, 5.41) is 0. The maximum Gasteiger partial charge on any atom is 0.161 e. The van der Waals surface area contributed by atoms with E-state index in [0.29, 0.717) is 0 Å². The quantitative estimate of drug-likeness (QED) is 0.694. The highest BCUT2D eigenvalue weighted by Crippen LogP contribution is 2.16. The molecule has 1 heterocycles. The lowest BCUT2D eigenvalue weighted by molar-refractivity contribution is 0.101. The van der Waals surface area contributed by atoms with E-state index in [4.69, 9.17) is 0 Å². The molecule has 0 aliphatic carbocycles. The Morgan fingerprint density at radius 2 is 1.33 bits per heavy atom. The van der Waals surface area contributed by atoms with E-state index in [1.54, 1.807) is 6.92 Å². The Labute approximate surface area is 94.1 Å². The fraction of sp³-hybridized carbons (Fsp3) is 0.615. The molecule has 1 rings (SSSR count). The standard InChI is InChI=1S/C9H13NO.2C2H6/c1-5-6(2)10-7(3)9(5)8(4)11;2*1-2/h10H,1-4H3;2*1-2H3. The van der Waals surface area contributed by atoms with Crippen LogP contribution in [0.15, 0.2) is 0 Å². The minimum atomic E-state index is 0.143. The van der Waals surface area contributed by atoms with Gasteiger partial charge >= 0.3 is 0 Å². The van der Waals surface area contributed by atoms with Crippen molar-refractivity contribution in [3.8, 4) is 0 Å². The van der Waals surface area contributed by atoms with Gasteiger partial charge in [0, 0.05) is 17.0 Å². The van der Waals surface area contributed by atoms with E-state index in [0.717, 1.165) is 22.5 Å². The first-order chi connectivity index (χ1) is 7.04. The van der Waals surface area contributed by atoms with Crippen LogP contribution in [0.3, 0.4) is 0 Å². The first kappa shape index (κ1) is 16.4. The van der Waals surface area contributed by atoms with Gasteiger partial charge in [-0.2, -0.15) is 0 Å². The van der Waals surface area contributed by atoms with Gasteiger partial charge in [0.15, 0.2) is 5.78 Å². The minimum Gasteiger partial charge on any atom is -0.362 e. The molecule has 88 valence electrons. The zero-order valence-electron chi connectivity index (χ0n) is 11.4. The number of Topliss-reactive ketones (excluding diaryl/α,β-unsaturated/α-hetero) is 1. The van der Waals surface area contributed by atoms with Gasteiger partial charge in [0.2, 0.25) is 0 Å². The molecule has 0 saturated heterocycles. The van der Waals surface area contributed by atoms with Crippen molar-refractivity contribution in [2.45, 2.75) is 55.4 Å². The molecular formula is C13H25NO. The van der Waals surface area contributed by atoms with Gasteiger partial charge in [-0.1, -0.05) is 27.7 Å². The molecule has 0 unspecified atom stereocenters. The number of aromatic amines is 1. The summed E-state index contributed by atoms with van der Waals surface area (Å²) in [4.78, 5) is 14.2. The van der Waals surface area contributed by atoms with Gasteiger partial charge in [0.05, 0.1) is 0 Å². The Morgan fingerprint density at radius 1 is 0.933 bits per heavy atom. The molecule has 0 aromatic carbocycles. The summed E-state index contributed by atoms with van der Waals surface area (Å²) in [6.45, 7) is 15.5. The topological polar surface area (TPSA) is 32.9 Å². The van der Waals surface area contributed by atoms with Gasteiger partial charge in [-0.3, -0.25) is 4.79 Å². The molecule has 1 aromatic rings. The number of hydrogen-bond acceptors (Lipinski definition) is 1. The van der Waals surface area contributed by atoms with Crippen molar-refractivity contribution >= 4 is 5.78 Å². The van der Waals surface area contributed by atoms with Crippen LogP contribution in [0.1, 0.15) is 61.9 Å². The van der Waals surface area contributed by atoms with Crippen LogP contribution in [-0.4, -0.2) is 10.8 Å². The predicted octanol–water partition coefficient (Wildman–Crippen LogP) is 4.19. The van der Waals surface area contributed by atoms with Crippen LogP contribution in [0.5, 0.6) is 0 Å². The third-order valence-corrected chi connectivity index (χ3v) is 2.04. The van der Waals surface area contributed by atoms with E-state index >= 15 is 0 Å². The first-order valence-electron chi connectivity index (χ1n) is 5.70. The lowest BCUT2D eigenvalue weighted by atomic mass is 10.1. The van der Waals surface area contributed by atoms with Crippen LogP contribution < -0.4 is 0 Å². The van der Waals surface area contributed by atoms with Crippen molar-refractivity contribution in [1.82, 2.24) is 4.98 Å². The fourth-order valence-corrected chi connectivity index (χ4v) is 1.43. The molecule has 2 nitrogen and oxygen atoms in total. The molecule has 1 aromatic heterocycles. The number of aryl methyl sites for hydroxylation is 2. The second-order valence-electron chi connectivity index (χ2n) is 2.93. The molecule has 15 heavy (non-hydrogen) atoms. The smallest absolute Gasteiger partial charge is 0.161 e. The summed E-state index contributed by atoms with van der Waals surface area (Å²) in [7, 11) is 0. The molecule has 0 aliphatic rings. The van der Waals surface area contributed by atoms with Crippen LogP contribution in [0.2, 0.25) is 0 Å². The van der Waals surface area contributed by atoms with Crippen molar-refractivity contribution in [3.05, 3.63) is 22.5 Å². The number of ketones is 1. The number of carbonyl (C=O) groups excluding carboxylic acids is 1. The van der Waals surface area contributed by atoms with E-state index in [1.165, 1.54) is 0 Å². The second-order valence-corrected chi connectivity index (χ2v) is 2.93. The number of aromatic nitrogens is 1. The average molecular weight is 211 g/mol. The molecule has 0 spiro atoms. The molecule has 0 fully saturated rings. The van der Waals surface area contributed by atoms with Crippen molar-refractivity contribution in [3.63, 3.8) is 0 Å². The second kappa shape index (κ2) is 8.27. The number of H-pyrrole nitrogens is 1. The summed E-state index contributed by atoms with van der Waals surface area (Å²) in [5.41, 5.74) is 4.00. The molecule has 0 aliphatic heterocycles. The number of nitrogens with one attached hydrogen (secondary N) is 1. The van der Waals surface area contributed by atoms with E-state index < -0.39 is 0 Å². The zero-order chi connectivity index (χ0) is 12.6. The minimum absolute atomic E-state index is 0.143. The molecule has 0 bridgehead atoms. The lowest BCUT2D eigenvalue weighted by Gasteiger charge is -1.93. The summed E-state index contributed by atoms with van der Waals surface area (Å²) >= 11 is 0. The maximum absolute atomic E-state index is 11.1. The number of hydrogen-bond donors (Lipinski definition) is 1. The Hall–Kier alpha value is -1.05. The third-order valence-electron chi connectivity index (χ3n) is 2.04. The fourth-order valence-electron chi connectivity index (χ4n) is 1.43. The molecule has 1 N–H and O–H groups in total. The third kappa shape index (κ3) is 4.32. The van der Waals surface area contributed by atoms with Gasteiger partial charge in [-0.25, -0.2) is 0 Å². The Morgan fingerprint density at radius 3 is 1.47 bits per heavy atom. The summed E-state index contributed by atoms with van der Waals surface area (Å²) in [5.74, 6) is 0.143. The van der Waals surface area contributed by atoms with Crippen molar-refractivity contribution in [1.29, 1.82) is 0 Å². The van der Waals surface area contributed by atoms with Gasteiger partial charge in [0.25, 0.3) is 0 Å². The normalized spacial score (nSPS) is 8.27. The summed E-state index contributed by atoms with van der Waals surface area (Å²) < 4.78 is 0. The Kier molecular flexibility index (Phi) is 9.04. The highest BCUT2D eigenvalue weighted by Gasteiger charge is 2.11. The highest BCUT2D eigenvalue weighted by molar-refractivity contribution is 5.97. The first-order valence-corrected chi connectivity index (χ1v) is 5.70. The van der Waals surface area contributed by atoms with E-state index in [2.05, 4.69) is 4.98 Å². The van der Waals surface area contributed by atoms with E-state index in [1.807, 2.05) is 48.5 Å². The van der Waals surface area contributed by atoms with Crippen LogP contribution >= 0.6 is 0 Å². The van der Waals surface area contributed by atoms with Crippen LogP contribution in [0.25, 0.3) is 0 Å². The summed E-state index contributed by atoms with van der Waals surface area (Å²) in [6.07, 6.45) is 0. The predicted molar refractivity (Wildman–Crippen MR) is 67.7 cm³/mol. The SMILES string of the molecule is CC.CC.CC(=O)c1c(C)[nH]c(C)c1C. The largest absolute Gasteiger partial charge is 0.362 e. The monoisotopic (exact) mass is 211 g/mol. The zero-order valence-corrected chi connectivity index (χ0v) is 11.4. The Bertz CT molecular complexity index is 298. The van der Waals surface area contributed by atoms with E-state index in [9.17, 15) is 4.79 Å². The highest BCUT2D eigenvalue weighted by atomic mass is 16.1. The van der Waals surface area contributed by atoms with Crippen molar-refractivity contribution < 1.29 is 4.79 Å².